The molecule has 2 saturated carbocycles. The average molecular weight is 815 g/mol. The summed E-state index contributed by atoms with van der Waals surface area (Å²) in [5.41, 5.74) is 1.43. The van der Waals surface area contributed by atoms with Gasteiger partial charge in [0.15, 0.2) is 0 Å². The van der Waals surface area contributed by atoms with Gasteiger partial charge in [-0.1, -0.05) is 76.8 Å². The van der Waals surface area contributed by atoms with Crippen LogP contribution in [0.4, 0.5) is 0 Å². The number of nitrogens with one attached hydrogen (secondary N) is 3. The van der Waals surface area contributed by atoms with E-state index in [1.54, 1.807) is 27.9 Å². The first kappa shape index (κ1) is 44.9. The van der Waals surface area contributed by atoms with Gasteiger partial charge in [-0.05, 0) is 76.8 Å². The number of carbonyl (C=O) groups excluding carboxylic acids is 5. The van der Waals surface area contributed by atoms with Gasteiger partial charge in [0.25, 0.3) is 0 Å². The minimum absolute atomic E-state index is 0.0710. The van der Waals surface area contributed by atoms with Crippen molar-refractivity contribution in [1.29, 1.82) is 0 Å². The van der Waals surface area contributed by atoms with Crippen LogP contribution in [0.3, 0.4) is 0 Å². The van der Waals surface area contributed by atoms with Crippen LogP contribution in [0, 0.1) is 23.7 Å². The van der Waals surface area contributed by atoms with Gasteiger partial charge < -0.3 is 34.9 Å². The van der Waals surface area contributed by atoms with E-state index >= 15 is 0 Å². The summed E-state index contributed by atoms with van der Waals surface area (Å²) in [5, 5.41) is 9.48. The maximum atomic E-state index is 14.5. The molecule has 3 aromatic rings. The Kier molecular flexibility index (Phi) is 15.4. The number of ether oxygens (including phenoxy) is 4. The first-order valence-electron chi connectivity index (χ1n) is 21.0. The van der Waals surface area contributed by atoms with Crippen LogP contribution < -0.4 is 25.4 Å². The standard InChI is InChI=1S/C46H62N4O9/c1-9-16-35(44(54)59-46(4,5)6)48-41(51)33-23-31(58-38-26-36(28-17-12-10-13-18-28)47-37-25-30(56-7)21-22-32(37)38)24-34(33)42(52)49-39(27(2)3)43(53)50-40(45(55)57-8)29-19-14-11-15-20-29/h10,12-13,17-18,21-22,25-27,29,31,33-35,39-40H,9,11,14-16,19-20,23-24H2,1-8H3,(H,48,51)(H,49,52)(H,50,53)/t31-,33-,34-,35+,39?,40?/m1/s1. The summed E-state index contributed by atoms with van der Waals surface area (Å²) in [6.07, 6.45) is 5.20. The smallest absolute Gasteiger partial charge is 0.329 e. The second-order valence-corrected chi connectivity index (χ2v) is 17.2. The number of fused-ring (bicyclic) bond motifs is 1. The number of hydrogen-bond donors (Lipinski definition) is 3. The number of hydrogen-bond acceptors (Lipinski definition) is 10. The molecule has 2 unspecified atom stereocenters. The fraction of sp³-hybridized carbons (Fsp3) is 0.565. The highest BCUT2D eigenvalue weighted by molar-refractivity contribution is 5.95. The third-order valence-electron chi connectivity index (χ3n) is 11.2. The van der Waals surface area contributed by atoms with Crippen LogP contribution in [-0.4, -0.2) is 78.7 Å². The normalized spacial score (nSPS) is 19.9. The Bertz CT molecular complexity index is 1940. The van der Waals surface area contributed by atoms with Gasteiger partial charge in [0.2, 0.25) is 17.7 Å². The van der Waals surface area contributed by atoms with Crippen molar-refractivity contribution in [2.45, 2.75) is 129 Å². The molecular weight excluding hydrogens is 753 g/mol. The second-order valence-electron chi connectivity index (χ2n) is 17.2. The zero-order valence-electron chi connectivity index (χ0n) is 35.8. The summed E-state index contributed by atoms with van der Waals surface area (Å²) in [6.45, 7) is 10.8. The van der Waals surface area contributed by atoms with Crippen molar-refractivity contribution in [2.24, 2.45) is 23.7 Å². The maximum Gasteiger partial charge on any atom is 0.329 e. The molecule has 2 aromatic carbocycles. The third-order valence-corrected chi connectivity index (χ3v) is 11.2. The molecule has 0 saturated heterocycles. The number of aromatic nitrogens is 1. The molecule has 2 fully saturated rings. The summed E-state index contributed by atoms with van der Waals surface area (Å²) in [6, 6.07) is 14.3. The van der Waals surface area contributed by atoms with Crippen LogP contribution in [0.25, 0.3) is 22.2 Å². The molecule has 0 aliphatic heterocycles. The molecule has 1 aromatic heterocycles. The van der Waals surface area contributed by atoms with Gasteiger partial charge in [0.1, 0.15) is 41.3 Å². The van der Waals surface area contributed by atoms with E-state index in [0.717, 1.165) is 43.1 Å². The Balaban J connectivity index is 1.45. The molecule has 1 heterocycles. The van der Waals surface area contributed by atoms with Crippen LogP contribution >= 0.6 is 0 Å². The molecule has 320 valence electrons. The van der Waals surface area contributed by atoms with Crippen molar-refractivity contribution in [3.63, 3.8) is 0 Å². The Hall–Kier alpha value is -5.20. The van der Waals surface area contributed by atoms with Gasteiger partial charge in [0.05, 0.1) is 37.3 Å². The molecular formula is C46H62N4O9. The second kappa shape index (κ2) is 20.2. The molecule has 0 bridgehead atoms. The number of benzene rings is 2. The highest BCUT2D eigenvalue weighted by Crippen LogP contribution is 2.39. The largest absolute Gasteiger partial charge is 0.497 e. The van der Waals surface area contributed by atoms with Crippen molar-refractivity contribution >= 4 is 40.6 Å². The van der Waals surface area contributed by atoms with Crippen LogP contribution in [0.2, 0.25) is 0 Å². The summed E-state index contributed by atoms with van der Waals surface area (Å²) in [7, 11) is 2.89. The quantitative estimate of drug-likeness (QED) is 0.132. The monoisotopic (exact) mass is 814 g/mol. The van der Waals surface area contributed by atoms with E-state index in [2.05, 4.69) is 16.0 Å². The summed E-state index contributed by atoms with van der Waals surface area (Å²) in [4.78, 5) is 73.8. The summed E-state index contributed by atoms with van der Waals surface area (Å²) >= 11 is 0. The summed E-state index contributed by atoms with van der Waals surface area (Å²) in [5.74, 6) is -3.67. The highest BCUT2D eigenvalue weighted by atomic mass is 16.6. The van der Waals surface area contributed by atoms with E-state index in [4.69, 9.17) is 23.9 Å². The fourth-order valence-electron chi connectivity index (χ4n) is 8.20. The SMILES string of the molecule is CCC[C@H](NC(=O)[C@@H]1C[C@@H](Oc2cc(-c3ccccc3)nc3cc(OC)ccc23)C[C@H]1C(=O)NC(C(=O)NC(C(=O)OC)C1CCCCC1)C(C)C)C(=O)OC(C)(C)C. The van der Waals surface area contributed by atoms with E-state index in [1.165, 1.54) is 7.11 Å². The minimum Gasteiger partial charge on any atom is -0.497 e. The number of methoxy groups -OCH3 is 2. The number of pyridine rings is 1. The predicted octanol–water partition coefficient (Wildman–Crippen LogP) is 6.69. The lowest BCUT2D eigenvalue weighted by molar-refractivity contribution is -0.159. The van der Waals surface area contributed by atoms with E-state index < -0.39 is 71.3 Å². The average Bonchev–Trinajstić information content (AvgIpc) is 3.65. The lowest BCUT2D eigenvalue weighted by atomic mass is 9.83. The number of nitrogens with zero attached hydrogens (tertiary/aromatic N) is 1. The van der Waals surface area contributed by atoms with Crippen LogP contribution in [0.1, 0.15) is 99.3 Å². The van der Waals surface area contributed by atoms with Gasteiger partial charge >= 0.3 is 11.9 Å². The Morgan fingerprint density at radius 3 is 2.08 bits per heavy atom. The number of amides is 3. The lowest BCUT2D eigenvalue weighted by Gasteiger charge is -2.31. The van der Waals surface area contributed by atoms with E-state index in [1.807, 2.05) is 75.4 Å². The fourth-order valence-corrected chi connectivity index (χ4v) is 8.20. The first-order valence-corrected chi connectivity index (χ1v) is 21.0. The van der Waals surface area contributed by atoms with Crippen LogP contribution in [-0.2, 0) is 33.4 Å². The Morgan fingerprint density at radius 1 is 0.831 bits per heavy atom. The molecule has 5 rings (SSSR count). The predicted molar refractivity (Wildman–Crippen MR) is 224 cm³/mol. The van der Waals surface area contributed by atoms with Gasteiger partial charge in [0, 0.05) is 23.1 Å². The number of carbonyl (C=O) groups is 5. The van der Waals surface area contributed by atoms with Crippen molar-refractivity contribution in [1.82, 2.24) is 20.9 Å². The molecule has 3 N–H and O–H groups in total. The first-order chi connectivity index (χ1) is 28.1. The lowest BCUT2D eigenvalue weighted by Crippen LogP contribution is -2.57. The summed E-state index contributed by atoms with van der Waals surface area (Å²) < 4.78 is 23.0. The van der Waals surface area contributed by atoms with E-state index in [0.29, 0.717) is 35.6 Å². The van der Waals surface area contributed by atoms with Crippen LogP contribution in [0.5, 0.6) is 11.5 Å². The van der Waals surface area contributed by atoms with Gasteiger partial charge in [-0.2, -0.15) is 0 Å². The number of rotatable bonds is 16. The van der Waals surface area contributed by atoms with Crippen molar-refractivity contribution in [2.75, 3.05) is 14.2 Å². The van der Waals surface area contributed by atoms with Gasteiger partial charge in [-0.25, -0.2) is 14.6 Å². The van der Waals surface area contributed by atoms with Crippen molar-refractivity contribution < 1.29 is 42.9 Å². The molecule has 2 aliphatic carbocycles. The van der Waals surface area contributed by atoms with Crippen molar-refractivity contribution in [3.8, 4) is 22.8 Å². The molecule has 0 spiro atoms. The van der Waals surface area contributed by atoms with E-state index in [9.17, 15) is 24.0 Å². The van der Waals surface area contributed by atoms with Crippen LogP contribution in [0.15, 0.2) is 54.6 Å². The van der Waals surface area contributed by atoms with E-state index in [-0.39, 0.29) is 24.7 Å². The number of esters is 2. The molecule has 6 atom stereocenters. The Morgan fingerprint density at radius 2 is 1.49 bits per heavy atom. The van der Waals surface area contributed by atoms with Gasteiger partial charge in [-0.3, -0.25) is 14.4 Å². The highest BCUT2D eigenvalue weighted by Gasteiger charge is 2.46. The topological polar surface area (TPSA) is 171 Å². The molecule has 2 aliphatic rings. The minimum atomic E-state index is -1.01. The zero-order chi connectivity index (χ0) is 42.9. The van der Waals surface area contributed by atoms with Crippen molar-refractivity contribution in [3.05, 3.63) is 54.6 Å². The third kappa shape index (κ3) is 11.7. The molecule has 0 radical (unpaired) electrons. The maximum absolute atomic E-state index is 14.5. The molecule has 13 nitrogen and oxygen atoms in total. The zero-order valence-corrected chi connectivity index (χ0v) is 35.8. The Labute approximate surface area is 348 Å². The van der Waals surface area contributed by atoms with Gasteiger partial charge in [-0.15, -0.1) is 0 Å². The molecule has 59 heavy (non-hydrogen) atoms. The molecule has 3 amide bonds. The molecule has 13 heteroatoms.